The first-order valence-corrected chi connectivity index (χ1v) is 7.38. The first-order valence-electron chi connectivity index (χ1n) is 5.58. The predicted molar refractivity (Wildman–Crippen MR) is 79.2 cm³/mol. The average molecular weight is 311 g/mol. The van der Waals surface area contributed by atoms with Crippen LogP contribution in [0.4, 0.5) is 10.8 Å². The van der Waals surface area contributed by atoms with Gasteiger partial charge in [-0.05, 0) is 12.1 Å². The number of ether oxygens (including phenoxy) is 1. The molecular weight excluding hydrogens is 298 g/mol. The van der Waals surface area contributed by atoms with Crippen molar-refractivity contribution in [1.82, 2.24) is 15.6 Å². The molecule has 20 heavy (non-hydrogen) atoms. The first kappa shape index (κ1) is 14.6. The quantitative estimate of drug-likeness (QED) is 0.320. The minimum Gasteiger partial charge on any atom is -0.497 e. The number of hydrazine groups is 1. The van der Waals surface area contributed by atoms with Gasteiger partial charge in [0.25, 0.3) is 0 Å². The highest BCUT2D eigenvalue weighted by Gasteiger charge is 2.07. The standard InChI is InChI=1S/C11H13N5O2S2/c1-18-8-4-2-3-7(5-8)13-10-15-16-11(20-10)19-6-9(17)14-12/h2-5H,6,12H2,1H3,(H,13,15)(H,14,17). The zero-order valence-corrected chi connectivity index (χ0v) is 12.3. The Labute approximate surface area is 123 Å². The van der Waals surface area contributed by atoms with Gasteiger partial charge in [0.15, 0.2) is 4.34 Å². The van der Waals surface area contributed by atoms with Crippen LogP contribution in [0.2, 0.25) is 0 Å². The van der Waals surface area contributed by atoms with Gasteiger partial charge in [0.05, 0.1) is 12.9 Å². The topological polar surface area (TPSA) is 102 Å². The molecule has 7 nitrogen and oxygen atoms in total. The zero-order valence-electron chi connectivity index (χ0n) is 10.6. The van der Waals surface area contributed by atoms with E-state index in [-0.39, 0.29) is 11.7 Å². The minimum absolute atomic E-state index is 0.213. The molecule has 0 fully saturated rings. The lowest BCUT2D eigenvalue weighted by atomic mass is 10.3. The Morgan fingerprint density at radius 2 is 2.35 bits per heavy atom. The molecule has 2 aromatic rings. The summed E-state index contributed by atoms with van der Waals surface area (Å²) in [5, 5.41) is 11.8. The van der Waals surface area contributed by atoms with Crippen molar-refractivity contribution in [2.45, 2.75) is 4.34 Å². The van der Waals surface area contributed by atoms with Crippen LogP contribution in [0.15, 0.2) is 28.6 Å². The van der Waals surface area contributed by atoms with E-state index in [0.717, 1.165) is 11.4 Å². The number of aromatic nitrogens is 2. The van der Waals surface area contributed by atoms with Crippen LogP contribution in [0.5, 0.6) is 5.75 Å². The molecule has 0 aliphatic carbocycles. The first-order chi connectivity index (χ1) is 9.71. The number of amides is 1. The molecule has 2 rings (SSSR count). The highest BCUT2D eigenvalue weighted by Crippen LogP contribution is 2.28. The summed E-state index contributed by atoms with van der Waals surface area (Å²) in [7, 11) is 1.61. The molecule has 106 valence electrons. The van der Waals surface area contributed by atoms with Crippen LogP contribution in [0, 0.1) is 0 Å². The zero-order chi connectivity index (χ0) is 14.4. The highest BCUT2D eigenvalue weighted by molar-refractivity contribution is 8.01. The van der Waals surface area contributed by atoms with Gasteiger partial charge < -0.3 is 10.1 Å². The lowest BCUT2D eigenvalue weighted by Gasteiger charge is -2.04. The molecule has 1 aromatic heterocycles. The summed E-state index contributed by atoms with van der Waals surface area (Å²) in [5.74, 6) is 5.71. The molecule has 1 aromatic carbocycles. The summed E-state index contributed by atoms with van der Waals surface area (Å²) in [6.45, 7) is 0. The van der Waals surface area contributed by atoms with Crippen molar-refractivity contribution < 1.29 is 9.53 Å². The summed E-state index contributed by atoms with van der Waals surface area (Å²) < 4.78 is 5.84. The van der Waals surface area contributed by atoms with Gasteiger partial charge in [-0.15, -0.1) is 10.2 Å². The number of anilines is 2. The third-order valence-corrected chi connectivity index (χ3v) is 4.19. The van der Waals surface area contributed by atoms with Crippen molar-refractivity contribution in [2.24, 2.45) is 5.84 Å². The number of nitrogens with zero attached hydrogens (tertiary/aromatic N) is 2. The number of hydrogen-bond donors (Lipinski definition) is 3. The van der Waals surface area contributed by atoms with Gasteiger partial charge >= 0.3 is 0 Å². The number of nitrogens with two attached hydrogens (primary N) is 1. The second-order valence-corrected chi connectivity index (χ2v) is 5.79. The van der Waals surface area contributed by atoms with E-state index >= 15 is 0 Å². The number of nitrogens with one attached hydrogen (secondary N) is 2. The molecule has 0 bridgehead atoms. The Morgan fingerprint density at radius 1 is 1.50 bits per heavy atom. The van der Waals surface area contributed by atoms with Crippen LogP contribution >= 0.6 is 23.1 Å². The van der Waals surface area contributed by atoms with Crippen LogP contribution in [0.25, 0.3) is 0 Å². The number of thioether (sulfide) groups is 1. The van der Waals surface area contributed by atoms with Gasteiger partial charge in [0, 0.05) is 11.8 Å². The molecule has 0 aliphatic rings. The van der Waals surface area contributed by atoms with Crippen LogP contribution in [0.1, 0.15) is 0 Å². The molecule has 0 saturated heterocycles. The molecular formula is C11H13N5O2S2. The van der Waals surface area contributed by atoms with E-state index in [1.54, 1.807) is 7.11 Å². The fourth-order valence-corrected chi connectivity index (χ4v) is 2.90. The van der Waals surface area contributed by atoms with Gasteiger partial charge in [0.2, 0.25) is 11.0 Å². The molecule has 4 N–H and O–H groups in total. The van der Waals surface area contributed by atoms with E-state index in [4.69, 9.17) is 10.6 Å². The normalized spacial score (nSPS) is 10.1. The van der Waals surface area contributed by atoms with E-state index < -0.39 is 0 Å². The minimum atomic E-state index is -0.257. The molecule has 1 heterocycles. The van der Waals surface area contributed by atoms with Crippen molar-refractivity contribution in [3.8, 4) is 5.75 Å². The largest absolute Gasteiger partial charge is 0.497 e. The van der Waals surface area contributed by atoms with Crippen molar-refractivity contribution in [1.29, 1.82) is 0 Å². The highest BCUT2D eigenvalue weighted by atomic mass is 32.2. The van der Waals surface area contributed by atoms with Crippen LogP contribution in [0.3, 0.4) is 0 Å². The Bertz CT molecular complexity index is 590. The van der Waals surface area contributed by atoms with Crippen molar-refractivity contribution in [2.75, 3.05) is 18.2 Å². The van der Waals surface area contributed by atoms with Gasteiger partial charge in [-0.1, -0.05) is 29.2 Å². The smallest absolute Gasteiger partial charge is 0.244 e. The van der Waals surface area contributed by atoms with E-state index in [0.29, 0.717) is 9.47 Å². The third-order valence-electron chi connectivity index (χ3n) is 2.22. The number of carbonyl (C=O) groups excluding carboxylic acids is 1. The van der Waals surface area contributed by atoms with Gasteiger partial charge in [-0.2, -0.15) is 0 Å². The van der Waals surface area contributed by atoms with Gasteiger partial charge in [-0.3, -0.25) is 10.2 Å². The summed E-state index contributed by atoms with van der Waals surface area (Å²) in [6, 6.07) is 7.50. The second-order valence-electron chi connectivity index (χ2n) is 3.59. The lowest BCUT2D eigenvalue weighted by Crippen LogP contribution is -2.31. The number of hydrogen-bond acceptors (Lipinski definition) is 8. The van der Waals surface area contributed by atoms with E-state index in [1.807, 2.05) is 24.3 Å². The Hall–Kier alpha value is -1.84. The second kappa shape index (κ2) is 7.08. The Kier molecular flexibility index (Phi) is 5.16. The lowest BCUT2D eigenvalue weighted by molar-refractivity contribution is -0.118. The van der Waals surface area contributed by atoms with Crippen LogP contribution in [-0.4, -0.2) is 29.0 Å². The van der Waals surface area contributed by atoms with Gasteiger partial charge in [-0.25, -0.2) is 5.84 Å². The SMILES string of the molecule is COc1cccc(Nc2nnc(SCC(=O)NN)s2)c1. The van der Waals surface area contributed by atoms with Crippen LogP contribution in [-0.2, 0) is 4.79 Å². The number of methoxy groups -OCH3 is 1. The van der Waals surface area contributed by atoms with Crippen molar-refractivity contribution in [3.63, 3.8) is 0 Å². The molecule has 0 unspecified atom stereocenters. The van der Waals surface area contributed by atoms with E-state index in [9.17, 15) is 4.79 Å². The molecule has 1 amide bonds. The average Bonchev–Trinajstić information content (AvgIpc) is 2.92. The van der Waals surface area contributed by atoms with Crippen molar-refractivity contribution >= 4 is 39.8 Å². The molecule has 0 radical (unpaired) electrons. The maximum Gasteiger partial charge on any atom is 0.244 e. The van der Waals surface area contributed by atoms with Gasteiger partial charge in [0.1, 0.15) is 5.75 Å². The monoisotopic (exact) mass is 311 g/mol. The molecule has 0 atom stereocenters. The summed E-state index contributed by atoms with van der Waals surface area (Å²) in [4.78, 5) is 11.0. The van der Waals surface area contributed by atoms with E-state index in [2.05, 4.69) is 20.9 Å². The van der Waals surface area contributed by atoms with Crippen molar-refractivity contribution in [3.05, 3.63) is 24.3 Å². The fraction of sp³-hybridized carbons (Fsp3) is 0.182. The molecule has 0 aliphatic heterocycles. The van der Waals surface area contributed by atoms with Crippen LogP contribution < -0.4 is 21.3 Å². The maximum absolute atomic E-state index is 11.0. The summed E-state index contributed by atoms with van der Waals surface area (Å²) in [5.41, 5.74) is 2.92. The number of carbonyl (C=O) groups is 1. The number of benzene rings is 1. The third kappa shape index (κ3) is 4.08. The predicted octanol–water partition coefficient (Wildman–Crippen LogP) is 1.37. The number of rotatable bonds is 6. The fourth-order valence-electron chi connectivity index (χ4n) is 1.31. The summed E-state index contributed by atoms with van der Waals surface area (Å²) in [6.07, 6.45) is 0. The Morgan fingerprint density at radius 3 is 3.10 bits per heavy atom. The van der Waals surface area contributed by atoms with E-state index in [1.165, 1.54) is 23.1 Å². The Balaban J connectivity index is 1.96. The molecule has 0 spiro atoms. The molecule has 0 saturated carbocycles. The molecule has 9 heteroatoms. The summed E-state index contributed by atoms with van der Waals surface area (Å²) >= 11 is 2.64. The maximum atomic E-state index is 11.0.